The number of ether oxygens (including phenoxy) is 1. The molecule has 0 aliphatic heterocycles. The molecule has 0 unspecified atom stereocenters. The van der Waals surface area contributed by atoms with Crippen molar-refractivity contribution in [3.63, 3.8) is 0 Å². The number of nitrogens with two attached hydrogens (primary N) is 1. The third kappa shape index (κ3) is 15.2. The molecule has 0 aliphatic carbocycles. The lowest BCUT2D eigenvalue weighted by atomic mass is 10.0. The van der Waals surface area contributed by atoms with E-state index in [4.69, 9.17) is 10.5 Å². The molecule has 10 nitrogen and oxygen atoms in total. The van der Waals surface area contributed by atoms with Gasteiger partial charge < -0.3 is 40.3 Å². The van der Waals surface area contributed by atoms with Gasteiger partial charge in [0, 0.05) is 19.3 Å². The van der Waals surface area contributed by atoms with Crippen LogP contribution in [-0.2, 0) is 13.9 Å². The van der Waals surface area contributed by atoms with Crippen LogP contribution in [0.4, 0.5) is 0 Å². The first-order valence-corrected chi connectivity index (χ1v) is 16.5. The van der Waals surface area contributed by atoms with Crippen LogP contribution in [0.5, 0.6) is 0 Å². The van der Waals surface area contributed by atoms with Crippen molar-refractivity contribution in [3.8, 4) is 0 Å². The summed E-state index contributed by atoms with van der Waals surface area (Å²) in [4.78, 5) is 38.4. The molecule has 0 saturated carbocycles. The van der Waals surface area contributed by atoms with E-state index in [-0.39, 0.29) is 19.4 Å². The lowest BCUT2D eigenvalue weighted by Crippen LogP contribution is -2.36. The zero-order chi connectivity index (χ0) is 26.8. The Morgan fingerprint density at radius 2 is 1.03 bits per heavy atom. The summed E-state index contributed by atoms with van der Waals surface area (Å²) in [5.41, 5.74) is 5.32. The highest BCUT2D eigenvalue weighted by atomic mass is 31.2. The fraction of sp³-hybridized carbons (Fsp3) is 1.00. The summed E-state index contributed by atoms with van der Waals surface area (Å²) in [5.74, 6) is -2.15. The molecule has 0 fully saturated rings. The van der Waals surface area contributed by atoms with Crippen LogP contribution in [0.1, 0.15) is 122 Å². The molecule has 0 aromatic rings. The van der Waals surface area contributed by atoms with Gasteiger partial charge in [0.05, 0.1) is 6.61 Å². The van der Waals surface area contributed by atoms with Crippen LogP contribution in [0.25, 0.3) is 0 Å². The largest absolute Gasteiger partial charge is 0.369 e. The van der Waals surface area contributed by atoms with Gasteiger partial charge in [0.15, 0.2) is 5.79 Å². The highest BCUT2D eigenvalue weighted by Gasteiger charge is 2.61. The molecule has 0 aromatic carbocycles. The maximum atomic E-state index is 11.9. The molecule has 0 aliphatic rings. The number of hydrogen-bond donors (Lipinski definition) is 7. The summed E-state index contributed by atoms with van der Waals surface area (Å²) in [5, 5.41) is 17.3. The van der Waals surface area contributed by atoms with E-state index in [1.54, 1.807) is 0 Å². The van der Waals surface area contributed by atoms with Crippen molar-refractivity contribution in [2.24, 2.45) is 5.73 Å². The van der Waals surface area contributed by atoms with E-state index < -0.39 is 45.5 Å². The molecule has 0 bridgehead atoms. The van der Waals surface area contributed by atoms with Crippen molar-refractivity contribution < 1.29 is 43.7 Å². The Hall–Kier alpha value is 0.140. The topological polar surface area (TPSA) is 191 Å². The van der Waals surface area contributed by atoms with Crippen molar-refractivity contribution in [3.05, 3.63) is 0 Å². The molecule has 0 spiro atoms. The van der Waals surface area contributed by atoms with Crippen LogP contribution < -0.4 is 5.73 Å². The van der Waals surface area contributed by atoms with E-state index in [1.807, 2.05) is 0 Å². The van der Waals surface area contributed by atoms with Crippen LogP contribution in [0.15, 0.2) is 0 Å². The Kier molecular flexibility index (Phi) is 18.5. The van der Waals surface area contributed by atoms with Gasteiger partial charge in [0.25, 0.3) is 5.08 Å². The minimum absolute atomic E-state index is 0.0377. The third-order valence-electron chi connectivity index (χ3n) is 6.38. The molecule has 0 radical (unpaired) electrons. The molecule has 35 heavy (non-hydrogen) atoms. The highest BCUT2D eigenvalue weighted by molar-refractivity contribution is 7.72. The first kappa shape index (κ1) is 35.1. The summed E-state index contributed by atoms with van der Waals surface area (Å²) in [7, 11) is -10.8. The first-order chi connectivity index (χ1) is 16.3. The van der Waals surface area contributed by atoms with E-state index in [9.17, 15) is 38.9 Å². The molecule has 0 rings (SSSR count). The third-order valence-corrected chi connectivity index (χ3v) is 10.5. The summed E-state index contributed by atoms with van der Waals surface area (Å²) in [6, 6.07) is 0. The predicted octanol–water partition coefficient (Wildman–Crippen LogP) is 4.69. The highest BCUT2D eigenvalue weighted by Crippen LogP contribution is 2.71. The van der Waals surface area contributed by atoms with Gasteiger partial charge in [-0.05, 0) is 19.4 Å². The predicted molar refractivity (Wildman–Crippen MR) is 138 cm³/mol. The van der Waals surface area contributed by atoms with Crippen LogP contribution in [0, 0.1) is 0 Å². The summed E-state index contributed by atoms with van der Waals surface area (Å²) in [6.45, 7) is 1.55. The van der Waals surface area contributed by atoms with E-state index >= 15 is 0 Å². The molecule has 0 atom stereocenters. The Labute approximate surface area is 211 Å². The standard InChI is InChI=1S/C23H51NO9P2/c1-2-3-4-5-6-7-8-9-10-11-12-13-14-15-17-22(25,26)19-21-33-23(18-16-20-24,34(27,28)29)35(30,31)32/h25-26H,2-21,24H2,1H3,(H2,27,28,29)(H2,30,31,32). The Morgan fingerprint density at radius 1 is 0.629 bits per heavy atom. The first-order valence-electron chi connectivity index (χ1n) is 13.2. The van der Waals surface area contributed by atoms with Gasteiger partial charge in [-0.3, -0.25) is 9.13 Å². The fourth-order valence-corrected chi connectivity index (χ4v) is 6.91. The van der Waals surface area contributed by atoms with Gasteiger partial charge in [-0.2, -0.15) is 0 Å². The monoisotopic (exact) mass is 547 g/mol. The maximum Gasteiger partial charge on any atom is 0.369 e. The molecule has 212 valence electrons. The van der Waals surface area contributed by atoms with Gasteiger partial charge in [0.1, 0.15) is 0 Å². The summed E-state index contributed by atoms with van der Waals surface area (Å²) >= 11 is 0. The fourth-order valence-electron chi connectivity index (χ4n) is 4.14. The maximum absolute atomic E-state index is 11.9. The summed E-state index contributed by atoms with van der Waals surface area (Å²) in [6.07, 6.45) is 15.3. The smallest absolute Gasteiger partial charge is 0.366 e. The lowest BCUT2D eigenvalue weighted by Gasteiger charge is -2.35. The van der Waals surface area contributed by atoms with Crippen molar-refractivity contribution in [2.45, 2.75) is 133 Å². The second-order valence-electron chi connectivity index (χ2n) is 9.65. The number of unbranched alkanes of at least 4 members (excludes halogenated alkanes) is 13. The lowest BCUT2D eigenvalue weighted by molar-refractivity contribution is -0.182. The SMILES string of the molecule is CCCCCCCCCCCCCCCCC(O)(O)CCOC(CCCN)(P(=O)(O)O)P(=O)(O)O. The van der Waals surface area contributed by atoms with E-state index in [0.717, 1.165) is 19.3 Å². The van der Waals surface area contributed by atoms with Gasteiger partial charge >= 0.3 is 15.2 Å². The molecular formula is C23H51NO9P2. The second-order valence-corrected chi connectivity index (χ2v) is 13.6. The molecular weight excluding hydrogens is 496 g/mol. The van der Waals surface area contributed by atoms with E-state index in [2.05, 4.69) is 6.92 Å². The van der Waals surface area contributed by atoms with Crippen molar-refractivity contribution >= 4 is 15.2 Å². The minimum atomic E-state index is -5.40. The van der Waals surface area contributed by atoms with E-state index in [0.29, 0.717) is 6.42 Å². The zero-order valence-corrected chi connectivity index (χ0v) is 23.3. The Morgan fingerprint density at radius 3 is 1.40 bits per heavy atom. The van der Waals surface area contributed by atoms with Gasteiger partial charge in [0.2, 0.25) is 0 Å². The number of hydrogen-bond acceptors (Lipinski definition) is 6. The molecule has 0 amide bonds. The van der Waals surface area contributed by atoms with Crippen molar-refractivity contribution in [1.29, 1.82) is 0 Å². The zero-order valence-electron chi connectivity index (χ0n) is 21.5. The van der Waals surface area contributed by atoms with Gasteiger partial charge in [-0.15, -0.1) is 0 Å². The Balaban J connectivity index is 4.14. The quantitative estimate of drug-likeness (QED) is 0.0506. The average molecular weight is 548 g/mol. The number of rotatable bonds is 24. The van der Waals surface area contributed by atoms with Gasteiger partial charge in [-0.1, -0.05) is 90.4 Å². The van der Waals surface area contributed by atoms with Crippen LogP contribution in [0.2, 0.25) is 0 Å². The molecule has 8 N–H and O–H groups in total. The van der Waals surface area contributed by atoms with Crippen LogP contribution in [0.3, 0.4) is 0 Å². The summed E-state index contributed by atoms with van der Waals surface area (Å²) < 4.78 is 28.8. The minimum Gasteiger partial charge on any atom is -0.366 e. The average Bonchev–Trinajstić information content (AvgIpc) is 2.74. The van der Waals surface area contributed by atoms with Crippen LogP contribution in [-0.4, -0.2) is 53.8 Å². The Bertz CT molecular complexity index is 600. The van der Waals surface area contributed by atoms with Crippen LogP contribution >= 0.6 is 15.2 Å². The van der Waals surface area contributed by atoms with Crippen molar-refractivity contribution in [1.82, 2.24) is 0 Å². The molecule has 12 heteroatoms. The van der Waals surface area contributed by atoms with E-state index in [1.165, 1.54) is 64.2 Å². The molecule has 0 saturated heterocycles. The number of aliphatic hydroxyl groups is 2. The van der Waals surface area contributed by atoms with Gasteiger partial charge in [-0.25, -0.2) is 0 Å². The van der Waals surface area contributed by atoms with Crippen molar-refractivity contribution in [2.75, 3.05) is 13.2 Å². The second kappa shape index (κ2) is 18.4. The normalized spacial score (nSPS) is 13.5. The molecule has 0 aromatic heterocycles. The molecule has 0 heterocycles.